The summed E-state index contributed by atoms with van der Waals surface area (Å²) in [6.07, 6.45) is 1.46. The highest BCUT2D eigenvalue weighted by Gasteiger charge is 2.63. The molecule has 0 aliphatic carbocycles. The van der Waals surface area contributed by atoms with Crippen LogP contribution in [-0.4, -0.2) is 23.5 Å². The van der Waals surface area contributed by atoms with Crippen molar-refractivity contribution in [3.05, 3.63) is 107 Å². The van der Waals surface area contributed by atoms with Crippen LogP contribution in [-0.2, 0) is 28.1 Å². The molecule has 3 aromatic rings. The van der Waals surface area contributed by atoms with Crippen LogP contribution in [0.5, 0.6) is 0 Å². The van der Waals surface area contributed by atoms with Crippen LogP contribution in [0.2, 0.25) is 0 Å². The van der Waals surface area contributed by atoms with Crippen molar-refractivity contribution in [2.24, 2.45) is 0 Å². The Hall–Kier alpha value is -2.91. The van der Waals surface area contributed by atoms with E-state index in [0.717, 1.165) is 30.5 Å². The summed E-state index contributed by atoms with van der Waals surface area (Å²) in [5.41, 5.74) is 4.19. The van der Waals surface area contributed by atoms with Crippen LogP contribution in [0.15, 0.2) is 84.9 Å². The number of carbonyl (C=O) groups excluding carboxylic acids is 1. The lowest BCUT2D eigenvalue weighted by atomic mass is 9.69. The average Bonchev–Trinajstić information content (AvgIpc) is 2.90. The highest BCUT2D eigenvalue weighted by molar-refractivity contribution is 5.93. The predicted octanol–water partition coefficient (Wildman–Crippen LogP) is 4.30. The van der Waals surface area contributed by atoms with Gasteiger partial charge in [-0.05, 0) is 35.1 Å². The van der Waals surface area contributed by atoms with E-state index in [4.69, 9.17) is 4.74 Å². The van der Waals surface area contributed by atoms with Gasteiger partial charge in [0.05, 0.1) is 6.61 Å². The maximum atomic E-state index is 13.2. The van der Waals surface area contributed by atoms with Crippen molar-refractivity contribution in [3.8, 4) is 0 Å². The van der Waals surface area contributed by atoms with Crippen molar-refractivity contribution in [2.45, 2.75) is 31.1 Å². The second kappa shape index (κ2) is 6.92. The van der Waals surface area contributed by atoms with Gasteiger partial charge in [0.2, 0.25) is 0 Å². The molecule has 1 fully saturated rings. The third-order valence-electron chi connectivity index (χ3n) is 6.02. The monoisotopic (exact) mass is 369 g/mol. The van der Waals surface area contributed by atoms with Gasteiger partial charge in [-0.2, -0.15) is 0 Å². The van der Waals surface area contributed by atoms with Crippen LogP contribution in [0.4, 0.5) is 0 Å². The van der Waals surface area contributed by atoms with E-state index in [2.05, 4.69) is 36.4 Å². The standard InChI is InChI=1S/C25H23NO2/c27-24-23(28-18-19-10-3-1-4-11-19)25(21-14-5-2-6-15-21)22-16-8-7-12-20(22)13-9-17-26(24)25/h1-8,10-12,14-16,23H,9,13,17-18H2/t23-,25+/m1/s1. The number of hydrogen-bond acceptors (Lipinski definition) is 2. The lowest BCUT2D eigenvalue weighted by Gasteiger charge is -2.57. The summed E-state index contributed by atoms with van der Waals surface area (Å²) >= 11 is 0. The van der Waals surface area contributed by atoms with E-state index < -0.39 is 11.6 Å². The molecule has 3 nitrogen and oxygen atoms in total. The number of nitrogens with zero attached hydrogens (tertiary/aromatic N) is 1. The van der Waals surface area contributed by atoms with Crippen molar-refractivity contribution in [2.75, 3.05) is 6.54 Å². The SMILES string of the molecule is O=C1[C@@H](OCc2ccccc2)[C@]2(c3ccccc3)c3ccccc3CCCN12. The number of rotatable bonds is 4. The van der Waals surface area contributed by atoms with E-state index in [-0.39, 0.29) is 5.91 Å². The normalized spacial score (nSPS) is 23.4. The van der Waals surface area contributed by atoms with Crippen LogP contribution >= 0.6 is 0 Å². The number of hydrogen-bond donors (Lipinski definition) is 0. The van der Waals surface area contributed by atoms with E-state index >= 15 is 0 Å². The average molecular weight is 369 g/mol. The number of carbonyl (C=O) groups is 1. The van der Waals surface area contributed by atoms with Crippen molar-refractivity contribution in [3.63, 3.8) is 0 Å². The molecule has 3 aromatic carbocycles. The zero-order valence-electron chi connectivity index (χ0n) is 15.8. The Bertz CT molecular complexity index is 986. The van der Waals surface area contributed by atoms with Gasteiger partial charge in [0.1, 0.15) is 5.54 Å². The quantitative estimate of drug-likeness (QED) is 0.642. The molecule has 28 heavy (non-hydrogen) atoms. The van der Waals surface area contributed by atoms with Gasteiger partial charge in [-0.25, -0.2) is 0 Å². The first-order valence-corrected chi connectivity index (χ1v) is 9.93. The zero-order chi connectivity index (χ0) is 19.0. The molecule has 3 heteroatoms. The van der Waals surface area contributed by atoms with Crippen molar-refractivity contribution in [1.82, 2.24) is 4.90 Å². The Kier molecular flexibility index (Phi) is 4.25. The van der Waals surface area contributed by atoms with Crippen molar-refractivity contribution < 1.29 is 9.53 Å². The molecule has 2 aliphatic heterocycles. The molecule has 0 aromatic heterocycles. The largest absolute Gasteiger partial charge is 0.360 e. The molecule has 2 atom stereocenters. The fourth-order valence-electron chi connectivity index (χ4n) is 4.78. The van der Waals surface area contributed by atoms with Gasteiger partial charge in [-0.3, -0.25) is 4.79 Å². The van der Waals surface area contributed by atoms with E-state index in [9.17, 15) is 4.79 Å². The van der Waals surface area contributed by atoms with Crippen molar-refractivity contribution in [1.29, 1.82) is 0 Å². The summed E-state index contributed by atoms with van der Waals surface area (Å²) in [6, 6.07) is 29.0. The molecule has 0 bridgehead atoms. The zero-order valence-corrected chi connectivity index (χ0v) is 15.8. The number of amides is 1. The molecule has 0 unspecified atom stereocenters. The molecule has 0 spiro atoms. The second-order valence-corrected chi connectivity index (χ2v) is 7.56. The minimum absolute atomic E-state index is 0.0940. The highest BCUT2D eigenvalue weighted by Crippen LogP contribution is 2.51. The molecule has 0 saturated carbocycles. The molecule has 0 radical (unpaired) electrons. The lowest BCUT2D eigenvalue weighted by molar-refractivity contribution is -0.191. The summed E-state index contributed by atoms with van der Waals surface area (Å²) in [5.74, 6) is 0.0940. The molecule has 5 rings (SSSR count). The molecule has 1 saturated heterocycles. The first kappa shape index (κ1) is 17.2. The van der Waals surface area contributed by atoms with E-state index in [1.54, 1.807) is 0 Å². The van der Waals surface area contributed by atoms with Gasteiger partial charge in [-0.15, -0.1) is 0 Å². The van der Waals surface area contributed by atoms with E-state index in [1.165, 1.54) is 11.1 Å². The van der Waals surface area contributed by atoms with Gasteiger partial charge in [0.25, 0.3) is 5.91 Å². The number of aryl methyl sites for hydroxylation is 1. The Morgan fingerprint density at radius 1 is 0.893 bits per heavy atom. The highest BCUT2D eigenvalue weighted by atomic mass is 16.5. The molecule has 0 N–H and O–H groups in total. The fourth-order valence-corrected chi connectivity index (χ4v) is 4.78. The van der Waals surface area contributed by atoms with Crippen LogP contribution in [0.1, 0.15) is 28.7 Å². The van der Waals surface area contributed by atoms with Crippen LogP contribution in [0.3, 0.4) is 0 Å². The Balaban J connectivity index is 1.62. The number of β-lactam (4-membered cyclic amide) rings is 1. The Morgan fingerprint density at radius 3 is 2.36 bits per heavy atom. The maximum Gasteiger partial charge on any atom is 0.256 e. The fraction of sp³-hybridized carbons (Fsp3) is 0.240. The van der Waals surface area contributed by atoms with Crippen LogP contribution in [0.25, 0.3) is 0 Å². The third-order valence-corrected chi connectivity index (χ3v) is 6.02. The van der Waals surface area contributed by atoms with E-state index in [0.29, 0.717) is 6.61 Å². The molecular formula is C25H23NO2. The third kappa shape index (κ3) is 2.50. The topological polar surface area (TPSA) is 29.5 Å². The Morgan fingerprint density at radius 2 is 1.57 bits per heavy atom. The van der Waals surface area contributed by atoms with Gasteiger partial charge in [-0.1, -0.05) is 84.9 Å². The molecular weight excluding hydrogens is 346 g/mol. The summed E-state index contributed by atoms with van der Waals surface area (Å²) in [4.78, 5) is 15.2. The minimum atomic E-state index is -0.541. The van der Waals surface area contributed by atoms with Crippen molar-refractivity contribution >= 4 is 5.91 Å². The molecule has 2 heterocycles. The summed E-state index contributed by atoms with van der Waals surface area (Å²) in [5, 5.41) is 0. The van der Waals surface area contributed by atoms with Crippen LogP contribution in [0, 0.1) is 0 Å². The first-order valence-electron chi connectivity index (χ1n) is 9.93. The minimum Gasteiger partial charge on any atom is -0.360 e. The molecule has 2 aliphatic rings. The van der Waals surface area contributed by atoms with Gasteiger partial charge < -0.3 is 9.64 Å². The summed E-state index contributed by atoms with van der Waals surface area (Å²) < 4.78 is 6.32. The van der Waals surface area contributed by atoms with Gasteiger partial charge in [0.15, 0.2) is 6.10 Å². The smallest absolute Gasteiger partial charge is 0.256 e. The van der Waals surface area contributed by atoms with Gasteiger partial charge in [0, 0.05) is 6.54 Å². The number of benzene rings is 3. The van der Waals surface area contributed by atoms with Crippen LogP contribution < -0.4 is 0 Å². The number of ether oxygens (including phenoxy) is 1. The predicted molar refractivity (Wildman–Crippen MR) is 109 cm³/mol. The molecule has 1 amide bonds. The Labute approximate surface area is 165 Å². The summed E-state index contributed by atoms with van der Waals surface area (Å²) in [6.45, 7) is 1.19. The second-order valence-electron chi connectivity index (χ2n) is 7.56. The van der Waals surface area contributed by atoms with Gasteiger partial charge >= 0.3 is 0 Å². The first-order chi connectivity index (χ1) is 13.8. The molecule has 140 valence electrons. The maximum absolute atomic E-state index is 13.2. The summed E-state index contributed by atoms with van der Waals surface area (Å²) in [7, 11) is 0. The number of fused-ring (bicyclic) bond motifs is 3. The van der Waals surface area contributed by atoms with E-state index in [1.807, 2.05) is 53.4 Å². The lowest BCUT2D eigenvalue weighted by Crippen LogP contribution is -2.73.